The minimum absolute atomic E-state index is 0.0175. The highest BCUT2D eigenvalue weighted by molar-refractivity contribution is 6.53. The molecule has 33 heavy (non-hydrogen) atoms. The fourth-order valence-electron chi connectivity index (χ4n) is 3.59. The highest BCUT2D eigenvalue weighted by atomic mass is 35.5. The van der Waals surface area contributed by atoms with Gasteiger partial charge in [-0.2, -0.15) is 0 Å². The fourth-order valence-corrected chi connectivity index (χ4v) is 3.80. The maximum Gasteiger partial charge on any atom is 0.343 e. The van der Waals surface area contributed by atoms with Gasteiger partial charge >= 0.3 is 5.97 Å². The quantitative estimate of drug-likeness (QED) is 0.319. The number of ether oxygens (including phenoxy) is 1. The van der Waals surface area contributed by atoms with Gasteiger partial charge in [-0.25, -0.2) is 9.69 Å². The van der Waals surface area contributed by atoms with E-state index in [0.717, 1.165) is 21.6 Å². The molecule has 3 aromatic rings. The Hall–Kier alpha value is -3.90. The molecule has 0 aliphatic carbocycles. The van der Waals surface area contributed by atoms with E-state index in [4.69, 9.17) is 16.3 Å². The molecule has 166 valence electrons. The molecule has 1 aliphatic rings. The summed E-state index contributed by atoms with van der Waals surface area (Å²) in [7, 11) is 0. The number of nitrogens with zero attached hydrogens (tertiary/aromatic N) is 1. The van der Waals surface area contributed by atoms with Gasteiger partial charge in [0, 0.05) is 5.69 Å². The van der Waals surface area contributed by atoms with Gasteiger partial charge in [0.1, 0.15) is 16.5 Å². The van der Waals surface area contributed by atoms with Crippen LogP contribution in [0, 0.1) is 20.8 Å². The van der Waals surface area contributed by atoms with Crippen LogP contribution in [0.1, 0.15) is 27.0 Å². The number of carbonyl (C=O) groups is 3. The van der Waals surface area contributed by atoms with Crippen molar-refractivity contribution in [2.45, 2.75) is 20.8 Å². The van der Waals surface area contributed by atoms with E-state index in [9.17, 15) is 14.4 Å². The van der Waals surface area contributed by atoms with Crippen LogP contribution < -0.4 is 15.0 Å². The number of nitrogens with one attached hydrogen (secondary N) is 1. The number of halogens is 1. The highest BCUT2D eigenvalue weighted by Crippen LogP contribution is 2.31. The van der Waals surface area contributed by atoms with E-state index in [1.54, 1.807) is 48.5 Å². The molecule has 7 heteroatoms. The van der Waals surface area contributed by atoms with Gasteiger partial charge in [0.15, 0.2) is 0 Å². The van der Waals surface area contributed by atoms with Crippen LogP contribution in [0.15, 0.2) is 77.5 Å². The molecule has 1 aliphatic heterocycles. The minimum Gasteiger partial charge on any atom is -0.423 e. The van der Waals surface area contributed by atoms with Gasteiger partial charge in [-0.05, 0) is 79.9 Å². The molecule has 1 N–H and O–H groups in total. The van der Waals surface area contributed by atoms with Crippen LogP contribution in [0.3, 0.4) is 0 Å². The van der Waals surface area contributed by atoms with Crippen LogP contribution in [0.4, 0.5) is 11.4 Å². The van der Waals surface area contributed by atoms with Crippen LogP contribution in [0.2, 0.25) is 0 Å². The molecule has 3 aromatic carbocycles. The van der Waals surface area contributed by atoms with E-state index >= 15 is 0 Å². The first-order valence-corrected chi connectivity index (χ1v) is 10.6. The molecule has 0 atom stereocenters. The Morgan fingerprint density at radius 3 is 2.15 bits per heavy atom. The number of esters is 1. The summed E-state index contributed by atoms with van der Waals surface area (Å²) in [6.45, 7) is 5.64. The minimum atomic E-state index is -0.590. The summed E-state index contributed by atoms with van der Waals surface area (Å²) in [4.78, 5) is 39.2. The zero-order valence-electron chi connectivity index (χ0n) is 18.3. The fraction of sp³-hybridized carbons (Fsp3) is 0.115. The van der Waals surface area contributed by atoms with Crippen LogP contribution in [-0.2, 0) is 9.59 Å². The molecule has 0 saturated heterocycles. The second-order valence-corrected chi connectivity index (χ2v) is 8.22. The van der Waals surface area contributed by atoms with Gasteiger partial charge in [0.05, 0.1) is 11.3 Å². The predicted molar refractivity (Wildman–Crippen MR) is 127 cm³/mol. The summed E-state index contributed by atoms with van der Waals surface area (Å²) in [5.74, 6) is -1.14. The van der Waals surface area contributed by atoms with Gasteiger partial charge in [-0.15, -0.1) is 0 Å². The average molecular weight is 461 g/mol. The first-order chi connectivity index (χ1) is 15.7. The second-order valence-electron chi connectivity index (χ2n) is 7.84. The van der Waals surface area contributed by atoms with E-state index in [-0.39, 0.29) is 10.7 Å². The Labute approximate surface area is 196 Å². The topological polar surface area (TPSA) is 75.7 Å². The van der Waals surface area contributed by atoms with Gasteiger partial charge in [-0.3, -0.25) is 9.59 Å². The summed E-state index contributed by atoms with van der Waals surface area (Å²) in [5, 5.41) is 2.72. The lowest BCUT2D eigenvalue weighted by molar-refractivity contribution is -0.120. The van der Waals surface area contributed by atoms with Crippen molar-refractivity contribution in [2.24, 2.45) is 0 Å². The van der Waals surface area contributed by atoms with E-state index in [2.05, 4.69) is 5.32 Å². The number of imide groups is 1. The van der Waals surface area contributed by atoms with Crippen molar-refractivity contribution in [1.29, 1.82) is 0 Å². The Morgan fingerprint density at radius 2 is 1.52 bits per heavy atom. The van der Waals surface area contributed by atoms with Gasteiger partial charge in [0.2, 0.25) is 0 Å². The van der Waals surface area contributed by atoms with Crippen molar-refractivity contribution >= 4 is 40.8 Å². The zero-order valence-corrected chi connectivity index (χ0v) is 19.1. The standard InChI is InChI=1S/C26H21ClN2O4/c1-15-12-16(2)14-20(13-15)29-24(30)22(27)23(25(29)31)28-19-10-8-18(9-11-19)26(32)33-21-7-5-4-6-17(21)3/h4-14,28H,1-3H3. The van der Waals surface area contributed by atoms with Gasteiger partial charge < -0.3 is 10.1 Å². The Morgan fingerprint density at radius 1 is 0.879 bits per heavy atom. The van der Waals surface area contributed by atoms with Crippen molar-refractivity contribution in [2.75, 3.05) is 10.2 Å². The van der Waals surface area contributed by atoms with Crippen molar-refractivity contribution in [1.82, 2.24) is 0 Å². The normalized spacial score (nSPS) is 13.5. The monoisotopic (exact) mass is 460 g/mol. The summed E-state index contributed by atoms with van der Waals surface area (Å²) in [5.41, 5.74) is 3.99. The van der Waals surface area contributed by atoms with Crippen molar-refractivity contribution < 1.29 is 19.1 Å². The maximum atomic E-state index is 13.0. The summed E-state index contributed by atoms with van der Waals surface area (Å²) in [6.07, 6.45) is 0. The second kappa shape index (κ2) is 8.92. The van der Waals surface area contributed by atoms with Crippen molar-refractivity contribution in [3.63, 3.8) is 0 Å². The first kappa shape index (κ1) is 22.3. The molecule has 0 aromatic heterocycles. The summed E-state index contributed by atoms with van der Waals surface area (Å²) < 4.78 is 5.44. The van der Waals surface area contributed by atoms with Crippen molar-refractivity contribution in [3.8, 4) is 5.75 Å². The Bertz CT molecular complexity index is 1290. The predicted octanol–water partition coefficient (Wildman–Crippen LogP) is 5.27. The summed E-state index contributed by atoms with van der Waals surface area (Å²) in [6, 6.07) is 19.1. The lowest BCUT2D eigenvalue weighted by Crippen LogP contribution is -2.32. The third-order valence-electron chi connectivity index (χ3n) is 5.18. The molecule has 2 amide bonds. The number of hydrogen-bond donors (Lipinski definition) is 1. The molecule has 4 rings (SSSR count). The SMILES string of the molecule is Cc1cc(C)cc(N2C(=O)C(Cl)=C(Nc3ccc(C(=O)Oc4ccccc4C)cc3)C2=O)c1. The van der Waals surface area contributed by atoms with Crippen molar-refractivity contribution in [3.05, 3.63) is 99.7 Å². The number of hydrogen-bond acceptors (Lipinski definition) is 5. The number of rotatable bonds is 5. The molecule has 1 heterocycles. The molecule has 0 saturated carbocycles. The van der Waals surface area contributed by atoms with Gasteiger partial charge in [-0.1, -0.05) is 35.9 Å². The molecule has 0 fully saturated rings. The summed E-state index contributed by atoms with van der Waals surface area (Å²) >= 11 is 6.22. The maximum absolute atomic E-state index is 13.0. The largest absolute Gasteiger partial charge is 0.423 e. The molecule has 0 spiro atoms. The number of amides is 2. The number of benzene rings is 3. The van der Waals surface area contributed by atoms with Crippen LogP contribution in [0.25, 0.3) is 0 Å². The molecule has 6 nitrogen and oxygen atoms in total. The number of aryl methyl sites for hydroxylation is 3. The molecule has 0 radical (unpaired) electrons. The third kappa shape index (κ3) is 4.52. The Kier molecular flexibility index (Phi) is 6.03. The molecular weight excluding hydrogens is 440 g/mol. The highest BCUT2D eigenvalue weighted by Gasteiger charge is 2.39. The van der Waals surface area contributed by atoms with Crippen LogP contribution >= 0.6 is 11.6 Å². The lowest BCUT2D eigenvalue weighted by atomic mass is 10.1. The average Bonchev–Trinajstić information content (AvgIpc) is 2.98. The Balaban J connectivity index is 1.50. The molecular formula is C26H21ClN2O4. The number of para-hydroxylation sites is 1. The van der Waals surface area contributed by atoms with Crippen LogP contribution in [-0.4, -0.2) is 17.8 Å². The lowest BCUT2D eigenvalue weighted by Gasteiger charge is -2.16. The van der Waals surface area contributed by atoms with Gasteiger partial charge in [0.25, 0.3) is 11.8 Å². The smallest absolute Gasteiger partial charge is 0.343 e. The number of anilines is 2. The molecule has 0 unspecified atom stereocenters. The third-order valence-corrected chi connectivity index (χ3v) is 5.53. The van der Waals surface area contributed by atoms with E-state index in [1.807, 2.05) is 39.0 Å². The van der Waals surface area contributed by atoms with Crippen LogP contribution in [0.5, 0.6) is 5.75 Å². The van der Waals surface area contributed by atoms with E-state index < -0.39 is 17.8 Å². The number of carbonyl (C=O) groups excluding carboxylic acids is 3. The van der Waals surface area contributed by atoms with E-state index in [0.29, 0.717) is 22.7 Å². The zero-order chi connectivity index (χ0) is 23.7. The molecule has 0 bridgehead atoms. The first-order valence-electron chi connectivity index (χ1n) is 10.3. The van der Waals surface area contributed by atoms with E-state index in [1.165, 1.54) is 0 Å².